The van der Waals surface area contributed by atoms with E-state index in [0.29, 0.717) is 22.9 Å². The minimum atomic E-state index is 0.361. The highest BCUT2D eigenvalue weighted by atomic mass is 35.5. The first-order chi connectivity index (χ1) is 5.89. The van der Waals surface area contributed by atoms with Crippen LogP contribution in [-0.4, -0.2) is 17.5 Å². The van der Waals surface area contributed by atoms with Crippen molar-refractivity contribution in [1.82, 2.24) is 5.32 Å². The third-order valence-electron chi connectivity index (χ3n) is 2.68. The van der Waals surface area contributed by atoms with E-state index in [9.17, 15) is 0 Å². The first kappa shape index (κ1) is 11.3. The second-order valence-corrected chi connectivity index (χ2v) is 6.04. The van der Waals surface area contributed by atoms with E-state index in [-0.39, 0.29) is 0 Å². The molecule has 2 unspecified atom stereocenters. The van der Waals surface area contributed by atoms with Crippen LogP contribution >= 0.6 is 11.6 Å². The van der Waals surface area contributed by atoms with Gasteiger partial charge in [-0.25, -0.2) is 0 Å². The maximum absolute atomic E-state index is 6.24. The van der Waals surface area contributed by atoms with Gasteiger partial charge in [-0.05, 0) is 24.7 Å². The highest BCUT2D eigenvalue weighted by Gasteiger charge is 2.32. The molecule has 1 saturated carbocycles. The molecule has 1 fully saturated rings. The molecule has 0 heterocycles. The summed E-state index contributed by atoms with van der Waals surface area (Å²) < 4.78 is 0. The SMILES string of the molecule is CC(C)NC1CC(Cl)CC(C)(C)C1. The number of hydrogen-bond acceptors (Lipinski definition) is 1. The van der Waals surface area contributed by atoms with E-state index in [4.69, 9.17) is 11.6 Å². The summed E-state index contributed by atoms with van der Waals surface area (Å²) in [5.74, 6) is 0. The standard InChI is InChI=1S/C11H22ClN/c1-8(2)13-10-5-9(12)6-11(3,4)7-10/h8-10,13H,5-7H2,1-4H3. The van der Waals surface area contributed by atoms with Gasteiger partial charge in [0.15, 0.2) is 0 Å². The van der Waals surface area contributed by atoms with E-state index < -0.39 is 0 Å². The molecule has 78 valence electrons. The summed E-state index contributed by atoms with van der Waals surface area (Å²) in [6.07, 6.45) is 3.54. The lowest BCUT2D eigenvalue weighted by molar-refractivity contribution is 0.196. The van der Waals surface area contributed by atoms with Gasteiger partial charge in [-0.15, -0.1) is 11.6 Å². The van der Waals surface area contributed by atoms with Gasteiger partial charge in [0.1, 0.15) is 0 Å². The Morgan fingerprint density at radius 2 is 1.92 bits per heavy atom. The van der Waals surface area contributed by atoms with Crippen LogP contribution in [-0.2, 0) is 0 Å². The van der Waals surface area contributed by atoms with Crippen LogP contribution in [0.2, 0.25) is 0 Å². The lowest BCUT2D eigenvalue weighted by Gasteiger charge is -2.39. The molecule has 1 N–H and O–H groups in total. The summed E-state index contributed by atoms with van der Waals surface area (Å²) >= 11 is 6.24. The molecule has 0 aromatic rings. The Morgan fingerprint density at radius 3 is 2.38 bits per heavy atom. The van der Waals surface area contributed by atoms with Crippen molar-refractivity contribution in [1.29, 1.82) is 0 Å². The second-order valence-electron chi connectivity index (χ2n) is 5.42. The number of alkyl halides is 1. The molecule has 0 radical (unpaired) electrons. The first-order valence-corrected chi connectivity index (χ1v) is 5.73. The van der Waals surface area contributed by atoms with Crippen LogP contribution in [0.25, 0.3) is 0 Å². The molecular formula is C11H22ClN. The maximum Gasteiger partial charge on any atom is 0.0356 e. The summed E-state index contributed by atoms with van der Waals surface area (Å²) in [6.45, 7) is 9.03. The lowest BCUT2D eigenvalue weighted by Crippen LogP contribution is -2.43. The molecule has 0 aromatic carbocycles. The molecule has 0 saturated heterocycles. The molecule has 0 bridgehead atoms. The van der Waals surface area contributed by atoms with Gasteiger partial charge in [0, 0.05) is 17.5 Å². The number of hydrogen-bond donors (Lipinski definition) is 1. The zero-order chi connectivity index (χ0) is 10.1. The van der Waals surface area contributed by atoms with Gasteiger partial charge in [-0.3, -0.25) is 0 Å². The molecule has 2 heteroatoms. The van der Waals surface area contributed by atoms with E-state index in [0.717, 1.165) is 12.8 Å². The third-order valence-corrected chi connectivity index (χ3v) is 3.01. The number of nitrogens with one attached hydrogen (secondary N) is 1. The summed E-state index contributed by atoms with van der Waals surface area (Å²) in [5.41, 5.74) is 0.414. The lowest BCUT2D eigenvalue weighted by atomic mass is 9.75. The van der Waals surface area contributed by atoms with Crippen LogP contribution < -0.4 is 5.32 Å². The van der Waals surface area contributed by atoms with E-state index >= 15 is 0 Å². The third kappa shape index (κ3) is 3.86. The van der Waals surface area contributed by atoms with Gasteiger partial charge < -0.3 is 5.32 Å². The van der Waals surface area contributed by atoms with Gasteiger partial charge in [-0.1, -0.05) is 27.7 Å². The molecule has 2 atom stereocenters. The predicted molar refractivity (Wildman–Crippen MR) is 59.3 cm³/mol. The Morgan fingerprint density at radius 1 is 1.31 bits per heavy atom. The molecule has 13 heavy (non-hydrogen) atoms. The van der Waals surface area contributed by atoms with Crippen LogP contribution in [0.5, 0.6) is 0 Å². The van der Waals surface area contributed by atoms with Gasteiger partial charge in [0.2, 0.25) is 0 Å². The van der Waals surface area contributed by atoms with Crippen LogP contribution in [0, 0.1) is 5.41 Å². The van der Waals surface area contributed by atoms with Crippen LogP contribution in [0.1, 0.15) is 47.0 Å². The summed E-state index contributed by atoms with van der Waals surface area (Å²) in [4.78, 5) is 0. The van der Waals surface area contributed by atoms with Crippen molar-refractivity contribution in [3.8, 4) is 0 Å². The van der Waals surface area contributed by atoms with Crippen molar-refractivity contribution in [3.63, 3.8) is 0 Å². The quantitative estimate of drug-likeness (QED) is 0.680. The van der Waals surface area contributed by atoms with Crippen molar-refractivity contribution in [3.05, 3.63) is 0 Å². The Kier molecular flexibility index (Phi) is 3.64. The van der Waals surface area contributed by atoms with Crippen molar-refractivity contribution in [2.75, 3.05) is 0 Å². The van der Waals surface area contributed by atoms with Gasteiger partial charge in [0.05, 0.1) is 0 Å². The fourth-order valence-electron chi connectivity index (χ4n) is 2.42. The number of halogens is 1. The molecule has 1 rings (SSSR count). The Labute approximate surface area is 87.2 Å². The molecule has 0 amide bonds. The van der Waals surface area contributed by atoms with E-state index in [1.54, 1.807) is 0 Å². The van der Waals surface area contributed by atoms with E-state index in [2.05, 4.69) is 33.0 Å². The predicted octanol–water partition coefficient (Wildman–Crippen LogP) is 3.17. The molecule has 0 spiro atoms. The fraction of sp³-hybridized carbons (Fsp3) is 1.00. The average molecular weight is 204 g/mol. The fourth-order valence-corrected chi connectivity index (χ4v) is 3.06. The van der Waals surface area contributed by atoms with E-state index in [1.807, 2.05) is 0 Å². The number of rotatable bonds is 2. The Bertz CT molecular complexity index is 163. The summed E-state index contributed by atoms with van der Waals surface area (Å²) in [7, 11) is 0. The first-order valence-electron chi connectivity index (χ1n) is 5.29. The van der Waals surface area contributed by atoms with Crippen molar-refractivity contribution >= 4 is 11.6 Å². The molecule has 1 nitrogen and oxygen atoms in total. The average Bonchev–Trinajstić information content (AvgIpc) is 1.78. The highest BCUT2D eigenvalue weighted by molar-refractivity contribution is 6.20. The zero-order valence-corrected chi connectivity index (χ0v) is 9.99. The highest BCUT2D eigenvalue weighted by Crippen LogP contribution is 2.37. The van der Waals surface area contributed by atoms with Crippen LogP contribution in [0.3, 0.4) is 0 Å². The molecule has 0 aromatic heterocycles. The molecule has 1 aliphatic carbocycles. The minimum absolute atomic E-state index is 0.361. The minimum Gasteiger partial charge on any atom is -0.312 e. The van der Waals surface area contributed by atoms with Gasteiger partial charge in [0.25, 0.3) is 0 Å². The Hall–Kier alpha value is 0.250. The van der Waals surface area contributed by atoms with E-state index in [1.165, 1.54) is 6.42 Å². The Balaban J connectivity index is 2.48. The largest absolute Gasteiger partial charge is 0.312 e. The summed E-state index contributed by atoms with van der Waals surface area (Å²) in [5, 5.41) is 3.94. The monoisotopic (exact) mass is 203 g/mol. The van der Waals surface area contributed by atoms with Crippen molar-refractivity contribution in [2.45, 2.75) is 64.4 Å². The van der Waals surface area contributed by atoms with Crippen LogP contribution in [0.15, 0.2) is 0 Å². The normalized spacial score (nSPS) is 33.7. The maximum atomic E-state index is 6.24. The molecule has 1 aliphatic rings. The smallest absolute Gasteiger partial charge is 0.0356 e. The van der Waals surface area contributed by atoms with Gasteiger partial charge in [-0.2, -0.15) is 0 Å². The second kappa shape index (κ2) is 4.18. The van der Waals surface area contributed by atoms with Crippen molar-refractivity contribution in [2.24, 2.45) is 5.41 Å². The molecular weight excluding hydrogens is 182 g/mol. The summed E-state index contributed by atoms with van der Waals surface area (Å²) in [6, 6.07) is 1.19. The topological polar surface area (TPSA) is 12.0 Å². The van der Waals surface area contributed by atoms with Crippen LogP contribution in [0.4, 0.5) is 0 Å². The zero-order valence-electron chi connectivity index (χ0n) is 9.23. The van der Waals surface area contributed by atoms with Crippen molar-refractivity contribution < 1.29 is 0 Å². The van der Waals surface area contributed by atoms with Gasteiger partial charge >= 0.3 is 0 Å². The molecule has 0 aliphatic heterocycles.